The van der Waals surface area contributed by atoms with Crippen LogP contribution in [0.25, 0.3) is 0 Å². The first-order valence-electron chi connectivity index (χ1n) is 9.79. The monoisotopic (exact) mass is 380 g/mol. The number of para-hydroxylation sites is 1. The molecule has 0 aliphatic carbocycles. The van der Waals surface area contributed by atoms with Crippen molar-refractivity contribution in [2.75, 3.05) is 18.1 Å². The largest absolute Gasteiger partial charge is 0.493 e. The van der Waals surface area contributed by atoms with Crippen LogP contribution in [0.15, 0.2) is 42.5 Å². The van der Waals surface area contributed by atoms with Gasteiger partial charge >= 0.3 is 0 Å². The molecule has 1 heterocycles. The molecule has 3 rings (SSSR count). The Bertz CT molecular complexity index is 876. The van der Waals surface area contributed by atoms with Crippen molar-refractivity contribution in [2.45, 2.75) is 46.1 Å². The van der Waals surface area contributed by atoms with E-state index >= 15 is 0 Å². The normalized spacial score (nSPS) is 15.7. The van der Waals surface area contributed by atoms with Crippen molar-refractivity contribution in [3.05, 3.63) is 59.2 Å². The lowest BCUT2D eigenvalue weighted by atomic mass is 10.0. The molecule has 0 spiro atoms. The fourth-order valence-electron chi connectivity index (χ4n) is 3.61. The van der Waals surface area contributed by atoms with Gasteiger partial charge in [0.2, 0.25) is 5.91 Å². The van der Waals surface area contributed by atoms with Crippen molar-refractivity contribution in [3.63, 3.8) is 0 Å². The van der Waals surface area contributed by atoms with Gasteiger partial charge in [0.05, 0.1) is 6.61 Å². The quantitative estimate of drug-likeness (QED) is 0.736. The van der Waals surface area contributed by atoms with Crippen LogP contribution in [0.4, 0.5) is 5.69 Å². The summed E-state index contributed by atoms with van der Waals surface area (Å²) in [5, 5.41) is 2.76. The summed E-state index contributed by atoms with van der Waals surface area (Å²) in [4.78, 5) is 26.1. The van der Waals surface area contributed by atoms with Gasteiger partial charge in [-0.3, -0.25) is 9.59 Å². The van der Waals surface area contributed by atoms with Gasteiger partial charge in [0.25, 0.3) is 5.91 Å². The molecular formula is C23H28N2O3. The van der Waals surface area contributed by atoms with Crippen LogP contribution in [0.1, 0.15) is 55.8 Å². The highest BCUT2D eigenvalue weighted by Gasteiger charge is 2.37. The molecule has 28 heavy (non-hydrogen) atoms. The second kappa shape index (κ2) is 8.46. The first-order chi connectivity index (χ1) is 13.4. The van der Waals surface area contributed by atoms with E-state index in [1.165, 1.54) is 18.1 Å². The van der Waals surface area contributed by atoms with Gasteiger partial charge in [-0.1, -0.05) is 44.2 Å². The SMILES string of the molecule is CC(=O)N[C@@H]1C(=O)N(CCCOc2cc(C)ccc2C(C)C)c2ccccc21. The van der Waals surface area contributed by atoms with Crippen LogP contribution in [-0.4, -0.2) is 25.0 Å². The molecule has 1 aliphatic heterocycles. The molecule has 2 aromatic carbocycles. The summed E-state index contributed by atoms with van der Waals surface area (Å²) >= 11 is 0. The van der Waals surface area contributed by atoms with Gasteiger partial charge in [-0.2, -0.15) is 0 Å². The van der Waals surface area contributed by atoms with Crippen molar-refractivity contribution in [3.8, 4) is 5.75 Å². The summed E-state index contributed by atoms with van der Waals surface area (Å²) in [5.74, 6) is 1.01. The number of nitrogens with one attached hydrogen (secondary N) is 1. The molecule has 5 nitrogen and oxygen atoms in total. The molecule has 1 aliphatic rings. The summed E-state index contributed by atoms with van der Waals surface area (Å²) in [5.41, 5.74) is 4.08. The van der Waals surface area contributed by atoms with Gasteiger partial charge in [0.1, 0.15) is 11.8 Å². The molecule has 5 heteroatoms. The number of carbonyl (C=O) groups is 2. The van der Waals surface area contributed by atoms with Crippen LogP contribution in [0.3, 0.4) is 0 Å². The van der Waals surface area contributed by atoms with E-state index in [4.69, 9.17) is 4.74 Å². The number of hydrogen-bond donors (Lipinski definition) is 1. The smallest absolute Gasteiger partial charge is 0.254 e. The highest BCUT2D eigenvalue weighted by atomic mass is 16.5. The van der Waals surface area contributed by atoms with Crippen LogP contribution in [0.2, 0.25) is 0 Å². The summed E-state index contributed by atoms with van der Waals surface area (Å²) in [6.07, 6.45) is 0.707. The Hall–Kier alpha value is -2.82. The number of carbonyl (C=O) groups excluding carboxylic acids is 2. The molecule has 0 unspecified atom stereocenters. The third-order valence-corrected chi connectivity index (χ3v) is 4.97. The van der Waals surface area contributed by atoms with E-state index in [0.717, 1.165) is 17.0 Å². The molecule has 0 bridgehead atoms. The van der Waals surface area contributed by atoms with E-state index < -0.39 is 6.04 Å². The zero-order valence-corrected chi connectivity index (χ0v) is 17.0. The molecule has 0 fully saturated rings. The molecule has 0 aromatic heterocycles. The van der Waals surface area contributed by atoms with E-state index in [1.807, 2.05) is 24.3 Å². The number of hydrogen-bond acceptors (Lipinski definition) is 3. The first-order valence-corrected chi connectivity index (χ1v) is 9.79. The van der Waals surface area contributed by atoms with E-state index in [2.05, 4.69) is 44.3 Å². The fraction of sp³-hybridized carbons (Fsp3) is 0.391. The molecule has 1 N–H and O–H groups in total. The Morgan fingerprint density at radius 3 is 2.68 bits per heavy atom. The standard InChI is InChI=1S/C23H28N2O3/c1-15(2)18-11-10-16(3)14-21(18)28-13-7-12-25-20-9-6-5-8-19(20)22(23(25)27)24-17(4)26/h5-6,8-11,14-15,22H,7,12-13H2,1-4H3,(H,24,26)/t22-/m0/s1. The fourth-order valence-corrected chi connectivity index (χ4v) is 3.61. The van der Waals surface area contributed by atoms with Gasteiger partial charge in [-0.15, -0.1) is 0 Å². The zero-order valence-electron chi connectivity index (χ0n) is 17.0. The second-order valence-corrected chi connectivity index (χ2v) is 7.58. The van der Waals surface area contributed by atoms with Gasteiger partial charge < -0.3 is 15.0 Å². The third kappa shape index (κ3) is 4.19. The Morgan fingerprint density at radius 1 is 1.21 bits per heavy atom. The molecule has 148 valence electrons. The number of anilines is 1. The molecule has 2 aromatic rings. The van der Waals surface area contributed by atoms with Gasteiger partial charge in [-0.05, 0) is 42.5 Å². The van der Waals surface area contributed by atoms with Gasteiger partial charge in [-0.25, -0.2) is 0 Å². The van der Waals surface area contributed by atoms with Crippen LogP contribution in [0.5, 0.6) is 5.75 Å². The maximum atomic E-state index is 12.8. The summed E-state index contributed by atoms with van der Waals surface area (Å²) in [6.45, 7) is 8.87. The number of fused-ring (bicyclic) bond motifs is 1. The molecule has 2 amide bonds. The first kappa shape index (κ1) is 19.9. The van der Waals surface area contributed by atoms with Crippen LogP contribution in [0, 0.1) is 6.92 Å². The lowest BCUT2D eigenvalue weighted by Gasteiger charge is -2.19. The topological polar surface area (TPSA) is 58.6 Å². The van der Waals surface area contributed by atoms with Crippen LogP contribution < -0.4 is 15.0 Å². The Morgan fingerprint density at radius 2 is 1.96 bits per heavy atom. The lowest BCUT2D eigenvalue weighted by Crippen LogP contribution is -2.37. The highest BCUT2D eigenvalue weighted by molar-refractivity contribution is 6.06. The molecule has 0 saturated carbocycles. The number of benzene rings is 2. The number of nitrogens with zero attached hydrogens (tertiary/aromatic N) is 1. The van der Waals surface area contributed by atoms with Crippen molar-refractivity contribution < 1.29 is 14.3 Å². The average molecular weight is 380 g/mol. The van der Waals surface area contributed by atoms with Crippen molar-refractivity contribution in [1.82, 2.24) is 5.32 Å². The minimum atomic E-state index is -0.598. The lowest BCUT2D eigenvalue weighted by molar-refractivity contribution is -0.126. The van der Waals surface area contributed by atoms with E-state index in [9.17, 15) is 9.59 Å². The zero-order chi connectivity index (χ0) is 20.3. The number of rotatable bonds is 7. The third-order valence-electron chi connectivity index (χ3n) is 4.97. The number of amides is 2. The Balaban J connectivity index is 1.65. The molecule has 0 saturated heterocycles. The minimum absolute atomic E-state index is 0.0881. The average Bonchev–Trinajstić information content (AvgIpc) is 2.90. The van der Waals surface area contributed by atoms with Gasteiger partial charge in [0, 0.05) is 24.7 Å². The van der Waals surface area contributed by atoms with Crippen molar-refractivity contribution >= 4 is 17.5 Å². The van der Waals surface area contributed by atoms with E-state index in [1.54, 1.807) is 4.90 Å². The highest BCUT2D eigenvalue weighted by Crippen LogP contribution is 2.35. The predicted molar refractivity (Wildman–Crippen MR) is 111 cm³/mol. The molecular weight excluding hydrogens is 352 g/mol. The second-order valence-electron chi connectivity index (χ2n) is 7.58. The predicted octanol–water partition coefficient (Wildman–Crippen LogP) is 4.11. The molecule has 0 radical (unpaired) electrons. The Kier molecular flexibility index (Phi) is 6.02. The van der Waals surface area contributed by atoms with Crippen molar-refractivity contribution in [1.29, 1.82) is 0 Å². The van der Waals surface area contributed by atoms with Crippen LogP contribution in [-0.2, 0) is 9.59 Å². The van der Waals surface area contributed by atoms with E-state index in [0.29, 0.717) is 25.5 Å². The number of aryl methyl sites for hydroxylation is 1. The van der Waals surface area contributed by atoms with Crippen molar-refractivity contribution in [2.24, 2.45) is 0 Å². The number of ether oxygens (including phenoxy) is 1. The maximum Gasteiger partial charge on any atom is 0.254 e. The molecule has 1 atom stereocenters. The Labute approximate surface area is 166 Å². The summed E-state index contributed by atoms with van der Waals surface area (Å²) < 4.78 is 6.05. The van der Waals surface area contributed by atoms with Gasteiger partial charge in [0.15, 0.2) is 0 Å². The minimum Gasteiger partial charge on any atom is -0.493 e. The summed E-state index contributed by atoms with van der Waals surface area (Å²) in [7, 11) is 0. The van der Waals surface area contributed by atoms with Crippen LogP contribution >= 0.6 is 0 Å². The maximum absolute atomic E-state index is 12.8. The summed E-state index contributed by atoms with van der Waals surface area (Å²) in [6, 6.07) is 13.3. The van der Waals surface area contributed by atoms with E-state index in [-0.39, 0.29) is 11.8 Å².